The molecule has 0 unspecified atom stereocenters. The van der Waals surface area contributed by atoms with Crippen molar-refractivity contribution in [1.29, 1.82) is 0 Å². The Hall–Kier alpha value is -0.0800. The maximum Gasteiger partial charge on any atom is 0.0611 e. The molecule has 0 aromatic rings. The molecule has 1 aliphatic heterocycles. The molecular weight excluding hydrogens is 174 g/mol. The normalized spacial score (nSPS) is 48.6. The van der Waals surface area contributed by atoms with Crippen LogP contribution in [-0.2, 0) is 0 Å². The number of rotatable bonds is 1. The van der Waals surface area contributed by atoms with Crippen LogP contribution in [0.2, 0.25) is 0 Å². The van der Waals surface area contributed by atoms with Crippen LogP contribution in [0.25, 0.3) is 0 Å². The van der Waals surface area contributed by atoms with Crippen LogP contribution in [-0.4, -0.2) is 35.2 Å². The summed E-state index contributed by atoms with van der Waals surface area (Å²) in [5.41, 5.74) is 0. The Morgan fingerprint density at radius 3 is 2.43 bits per heavy atom. The first-order valence-electron chi connectivity index (χ1n) is 6.28. The summed E-state index contributed by atoms with van der Waals surface area (Å²) in [6.07, 6.45) is 7.99. The van der Waals surface area contributed by atoms with Gasteiger partial charge in [0.15, 0.2) is 0 Å². The molecule has 4 atom stereocenters. The lowest BCUT2D eigenvalue weighted by Crippen LogP contribution is -2.45. The van der Waals surface area contributed by atoms with E-state index >= 15 is 0 Å². The van der Waals surface area contributed by atoms with Crippen LogP contribution in [0.15, 0.2) is 0 Å². The van der Waals surface area contributed by atoms with E-state index in [9.17, 15) is 5.11 Å². The average molecular weight is 195 g/mol. The number of aliphatic hydroxyl groups is 1. The monoisotopic (exact) mass is 195 g/mol. The van der Waals surface area contributed by atoms with E-state index < -0.39 is 0 Å². The quantitative estimate of drug-likeness (QED) is 0.687. The third-order valence-corrected chi connectivity index (χ3v) is 4.73. The van der Waals surface area contributed by atoms with Crippen LogP contribution in [0, 0.1) is 11.8 Å². The van der Waals surface area contributed by atoms with E-state index in [1.165, 1.54) is 51.6 Å². The SMILES string of the molecule is O[C@@H]1[C@@H]2CC[C@H]1[C@H](N1CCCC1)CC2. The summed E-state index contributed by atoms with van der Waals surface area (Å²) in [6.45, 7) is 2.58. The molecular formula is C12H21NO. The van der Waals surface area contributed by atoms with Crippen LogP contribution in [0.4, 0.5) is 0 Å². The molecule has 0 aromatic heterocycles. The maximum atomic E-state index is 10.1. The van der Waals surface area contributed by atoms with Gasteiger partial charge in [-0.2, -0.15) is 0 Å². The molecule has 80 valence electrons. The van der Waals surface area contributed by atoms with Gasteiger partial charge in [0.2, 0.25) is 0 Å². The summed E-state index contributed by atoms with van der Waals surface area (Å²) in [5, 5.41) is 10.1. The molecule has 1 saturated heterocycles. The van der Waals surface area contributed by atoms with Crippen LogP contribution in [0.1, 0.15) is 38.5 Å². The smallest absolute Gasteiger partial charge is 0.0611 e. The third kappa shape index (κ3) is 1.31. The lowest BCUT2D eigenvalue weighted by molar-refractivity contribution is 0.00634. The first-order valence-corrected chi connectivity index (χ1v) is 6.28. The van der Waals surface area contributed by atoms with Crippen molar-refractivity contribution in [3.63, 3.8) is 0 Å². The fraction of sp³-hybridized carbons (Fsp3) is 1.00. The Morgan fingerprint density at radius 2 is 1.64 bits per heavy atom. The third-order valence-electron chi connectivity index (χ3n) is 4.73. The number of aliphatic hydroxyl groups excluding tert-OH is 1. The van der Waals surface area contributed by atoms with Gasteiger partial charge in [-0.05, 0) is 57.5 Å². The highest BCUT2D eigenvalue weighted by Crippen LogP contribution is 2.44. The van der Waals surface area contributed by atoms with Gasteiger partial charge in [-0.25, -0.2) is 0 Å². The highest BCUT2D eigenvalue weighted by Gasteiger charge is 2.45. The molecule has 2 nitrogen and oxygen atoms in total. The zero-order chi connectivity index (χ0) is 9.54. The van der Waals surface area contributed by atoms with Gasteiger partial charge in [0, 0.05) is 12.0 Å². The first kappa shape index (κ1) is 9.17. The van der Waals surface area contributed by atoms with Gasteiger partial charge >= 0.3 is 0 Å². The van der Waals surface area contributed by atoms with Gasteiger partial charge in [-0.1, -0.05) is 0 Å². The summed E-state index contributed by atoms with van der Waals surface area (Å²) in [6, 6.07) is 0.728. The molecule has 2 aliphatic carbocycles. The van der Waals surface area contributed by atoms with Crippen molar-refractivity contribution < 1.29 is 5.11 Å². The minimum Gasteiger partial charge on any atom is -0.392 e. The summed E-state index contributed by atoms with van der Waals surface area (Å²) in [7, 11) is 0. The molecule has 2 bridgehead atoms. The molecule has 1 heterocycles. The topological polar surface area (TPSA) is 23.5 Å². The Morgan fingerprint density at radius 1 is 0.929 bits per heavy atom. The van der Waals surface area contributed by atoms with Crippen LogP contribution in [0.3, 0.4) is 0 Å². The largest absolute Gasteiger partial charge is 0.392 e. The number of likely N-dealkylation sites (tertiary alicyclic amines) is 1. The van der Waals surface area contributed by atoms with E-state index in [-0.39, 0.29) is 6.10 Å². The zero-order valence-corrected chi connectivity index (χ0v) is 8.86. The fourth-order valence-electron chi connectivity index (χ4n) is 3.96. The lowest BCUT2D eigenvalue weighted by Gasteiger charge is -2.39. The Labute approximate surface area is 86.3 Å². The molecule has 0 radical (unpaired) electrons. The van der Waals surface area contributed by atoms with E-state index in [0.29, 0.717) is 11.8 Å². The Bertz CT molecular complexity index is 212. The van der Waals surface area contributed by atoms with Crippen molar-refractivity contribution >= 4 is 0 Å². The highest BCUT2D eigenvalue weighted by molar-refractivity contribution is 4.98. The molecule has 3 rings (SSSR count). The molecule has 2 saturated carbocycles. The zero-order valence-electron chi connectivity index (χ0n) is 8.86. The molecule has 0 amide bonds. The molecule has 14 heavy (non-hydrogen) atoms. The summed E-state index contributed by atoms with van der Waals surface area (Å²) >= 11 is 0. The van der Waals surface area contributed by atoms with Crippen molar-refractivity contribution in [3.8, 4) is 0 Å². The van der Waals surface area contributed by atoms with E-state index in [4.69, 9.17) is 0 Å². The molecule has 0 spiro atoms. The predicted molar refractivity (Wildman–Crippen MR) is 56.0 cm³/mol. The van der Waals surface area contributed by atoms with Crippen molar-refractivity contribution in [2.24, 2.45) is 11.8 Å². The van der Waals surface area contributed by atoms with Gasteiger partial charge in [0.1, 0.15) is 0 Å². The van der Waals surface area contributed by atoms with Crippen molar-refractivity contribution in [2.45, 2.75) is 50.7 Å². The molecule has 0 aromatic carbocycles. The standard InChI is InChI=1S/C12H21NO/c14-12-9-3-5-10(12)11(6-4-9)13-7-1-2-8-13/h9-12,14H,1-8H2/t9-,10+,11-,12-/m1/s1. The minimum atomic E-state index is 0.0364. The van der Waals surface area contributed by atoms with Crippen molar-refractivity contribution in [3.05, 3.63) is 0 Å². The molecule has 3 fully saturated rings. The first-order chi connectivity index (χ1) is 6.86. The number of hydrogen-bond acceptors (Lipinski definition) is 2. The minimum absolute atomic E-state index is 0.0364. The van der Waals surface area contributed by atoms with Crippen LogP contribution >= 0.6 is 0 Å². The fourth-order valence-corrected chi connectivity index (χ4v) is 3.96. The van der Waals surface area contributed by atoms with Gasteiger partial charge in [-0.15, -0.1) is 0 Å². The Kier molecular flexibility index (Phi) is 2.29. The van der Waals surface area contributed by atoms with Gasteiger partial charge in [0.05, 0.1) is 6.10 Å². The van der Waals surface area contributed by atoms with Crippen LogP contribution < -0.4 is 0 Å². The van der Waals surface area contributed by atoms with Crippen molar-refractivity contribution in [2.75, 3.05) is 13.1 Å². The maximum absolute atomic E-state index is 10.1. The molecule has 1 N–H and O–H groups in total. The number of nitrogens with zero attached hydrogens (tertiary/aromatic N) is 1. The summed E-state index contributed by atoms with van der Waals surface area (Å²) in [4.78, 5) is 2.65. The van der Waals surface area contributed by atoms with E-state index in [2.05, 4.69) is 4.90 Å². The highest BCUT2D eigenvalue weighted by atomic mass is 16.3. The average Bonchev–Trinajstić information content (AvgIpc) is 2.76. The number of hydrogen-bond donors (Lipinski definition) is 1. The molecule has 3 aliphatic rings. The predicted octanol–water partition coefficient (Wildman–Crippen LogP) is 1.63. The summed E-state index contributed by atoms with van der Waals surface area (Å²) in [5.74, 6) is 1.27. The number of fused-ring (bicyclic) bond motifs is 2. The van der Waals surface area contributed by atoms with Crippen LogP contribution in [0.5, 0.6) is 0 Å². The second-order valence-corrected chi connectivity index (χ2v) is 5.38. The van der Waals surface area contributed by atoms with Gasteiger partial charge < -0.3 is 10.0 Å². The van der Waals surface area contributed by atoms with E-state index in [0.717, 1.165) is 6.04 Å². The lowest BCUT2D eigenvalue weighted by atomic mass is 9.81. The van der Waals surface area contributed by atoms with Crippen molar-refractivity contribution in [1.82, 2.24) is 4.90 Å². The van der Waals surface area contributed by atoms with E-state index in [1.807, 2.05) is 0 Å². The Balaban J connectivity index is 1.73. The summed E-state index contributed by atoms with van der Waals surface area (Å²) < 4.78 is 0. The van der Waals surface area contributed by atoms with Gasteiger partial charge in [-0.3, -0.25) is 0 Å². The van der Waals surface area contributed by atoms with Gasteiger partial charge in [0.25, 0.3) is 0 Å². The molecule has 2 heteroatoms. The second-order valence-electron chi connectivity index (χ2n) is 5.38. The second kappa shape index (κ2) is 3.49. The van der Waals surface area contributed by atoms with E-state index in [1.54, 1.807) is 0 Å².